The van der Waals surface area contributed by atoms with Gasteiger partial charge in [0.25, 0.3) is 10.0 Å². The number of hydrogen-bond acceptors (Lipinski definition) is 6. The maximum absolute atomic E-state index is 13.3. The van der Waals surface area contributed by atoms with Crippen LogP contribution in [-0.2, 0) is 10.0 Å². The third kappa shape index (κ3) is 6.18. The summed E-state index contributed by atoms with van der Waals surface area (Å²) in [7, 11) is -3.87. The van der Waals surface area contributed by atoms with Crippen molar-refractivity contribution in [2.75, 3.05) is 4.72 Å². The summed E-state index contributed by atoms with van der Waals surface area (Å²) in [6.45, 7) is 0. The van der Waals surface area contributed by atoms with Gasteiger partial charge in [-0.25, -0.2) is 8.42 Å². The Morgan fingerprint density at radius 2 is 0.860 bits per heavy atom. The van der Waals surface area contributed by atoms with Crippen LogP contribution in [0.3, 0.4) is 0 Å². The van der Waals surface area contributed by atoms with Gasteiger partial charge >= 0.3 is 0 Å². The molecule has 0 unspecified atom stereocenters. The van der Waals surface area contributed by atoms with Crippen molar-refractivity contribution in [2.24, 2.45) is 20.5 Å². The van der Waals surface area contributed by atoms with E-state index in [0.717, 1.165) is 50.0 Å². The third-order valence-corrected chi connectivity index (χ3v) is 9.68. The Bertz CT molecular complexity index is 2610. The normalized spacial score (nSPS) is 12.0. The van der Waals surface area contributed by atoms with Crippen LogP contribution in [0, 0.1) is 0 Å². The van der Waals surface area contributed by atoms with Crippen molar-refractivity contribution < 1.29 is 8.42 Å². The molecule has 0 atom stereocenters. The number of nitrogens with zero attached hydrogens (tertiary/aromatic N) is 4. The van der Waals surface area contributed by atoms with E-state index in [1.165, 1.54) is 12.1 Å². The zero-order chi connectivity index (χ0) is 33.9. The van der Waals surface area contributed by atoms with Crippen molar-refractivity contribution in [3.8, 4) is 22.5 Å². The number of para-hydroxylation sites is 2. The summed E-state index contributed by atoms with van der Waals surface area (Å²) < 4.78 is 29.1. The molecule has 2 heterocycles. The van der Waals surface area contributed by atoms with Crippen LogP contribution in [0.4, 0.5) is 28.4 Å². The molecule has 0 saturated heterocycles. The second kappa shape index (κ2) is 13.1. The number of nitrogens with one attached hydrogen (secondary N) is 3. The number of aromatic nitrogens is 2. The van der Waals surface area contributed by atoms with Crippen molar-refractivity contribution in [2.45, 2.75) is 4.90 Å². The van der Waals surface area contributed by atoms with Crippen LogP contribution in [0.1, 0.15) is 0 Å². The maximum Gasteiger partial charge on any atom is 0.261 e. The summed E-state index contributed by atoms with van der Waals surface area (Å²) in [5.74, 6) is 0. The van der Waals surface area contributed by atoms with E-state index in [4.69, 9.17) is 0 Å². The van der Waals surface area contributed by atoms with Crippen LogP contribution in [-0.4, -0.2) is 18.4 Å². The first-order valence-electron chi connectivity index (χ1n) is 15.9. The number of aromatic amines is 2. The smallest absolute Gasteiger partial charge is 0.261 e. The monoisotopic (exact) mass is 671 g/mol. The van der Waals surface area contributed by atoms with E-state index in [0.29, 0.717) is 22.7 Å². The zero-order valence-electron chi connectivity index (χ0n) is 26.5. The van der Waals surface area contributed by atoms with Gasteiger partial charge in [0.2, 0.25) is 0 Å². The van der Waals surface area contributed by atoms with E-state index in [1.807, 2.05) is 109 Å². The summed E-state index contributed by atoms with van der Waals surface area (Å²) in [6.07, 6.45) is 0. The highest BCUT2D eigenvalue weighted by Crippen LogP contribution is 2.39. The Labute approximate surface area is 288 Å². The minimum absolute atomic E-state index is 0.102. The maximum atomic E-state index is 13.3. The van der Waals surface area contributed by atoms with Crippen LogP contribution in [0.5, 0.6) is 0 Å². The van der Waals surface area contributed by atoms with Gasteiger partial charge in [0.05, 0.1) is 27.7 Å². The Balaban J connectivity index is 0.985. The van der Waals surface area contributed by atoms with Crippen molar-refractivity contribution >= 4 is 60.3 Å². The molecule has 0 aliphatic heterocycles. The Morgan fingerprint density at radius 3 is 1.34 bits per heavy atom. The van der Waals surface area contributed by atoms with Crippen LogP contribution < -0.4 is 4.72 Å². The highest BCUT2D eigenvalue weighted by molar-refractivity contribution is 7.92. The summed E-state index contributed by atoms with van der Waals surface area (Å²) >= 11 is 0. The average Bonchev–Trinajstić information content (AvgIpc) is 3.73. The second-order valence-electron chi connectivity index (χ2n) is 11.6. The predicted octanol–water partition coefficient (Wildman–Crippen LogP) is 11.6. The number of H-pyrrole nitrogens is 2. The molecule has 0 amide bonds. The summed E-state index contributed by atoms with van der Waals surface area (Å²) in [5.41, 5.74) is 8.61. The topological polar surface area (TPSA) is 127 Å². The highest BCUT2D eigenvalue weighted by Gasteiger charge is 2.16. The molecule has 0 aliphatic rings. The second-order valence-corrected chi connectivity index (χ2v) is 13.2. The number of azo groups is 2. The first-order valence-corrected chi connectivity index (χ1v) is 17.4. The first kappa shape index (κ1) is 30.7. The lowest BCUT2D eigenvalue weighted by Crippen LogP contribution is -2.12. The van der Waals surface area contributed by atoms with Crippen molar-refractivity contribution in [3.63, 3.8) is 0 Å². The highest BCUT2D eigenvalue weighted by atomic mass is 32.2. The molecule has 0 saturated carbocycles. The summed E-state index contributed by atoms with van der Waals surface area (Å²) in [4.78, 5) is 7.00. The van der Waals surface area contributed by atoms with Crippen LogP contribution in [0.2, 0.25) is 0 Å². The van der Waals surface area contributed by atoms with Crippen molar-refractivity contribution in [1.29, 1.82) is 0 Å². The largest absolute Gasteiger partial charge is 0.353 e. The van der Waals surface area contributed by atoms with Gasteiger partial charge in [0, 0.05) is 38.6 Å². The fourth-order valence-corrected chi connectivity index (χ4v) is 6.87. The summed E-state index contributed by atoms with van der Waals surface area (Å²) in [6, 6.07) is 48.8. The van der Waals surface area contributed by atoms with Gasteiger partial charge < -0.3 is 9.97 Å². The first-order chi connectivity index (χ1) is 24.5. The molecule has 8 rings (SSSR count). The SMILES string of the molecule is O=S(=O)(Nc1ccc(N=Nc2c(-c3ccccc3)[nH]c3ccccc23)cc1)c1ccc(N=Nc2c(-c3ccccc3)[nH]c3ccccc23)cc1. The Morgan fingerprint density at radius 1 is 0.440 bits per heavy atom. The Kier molecular flexibility index (Phi) is 8.03. The fraction of sp³-hybridized carbons (Fsp3) is 0. The van der Waals surface area contributed by atoms with E-state index in [2.05, 4.69) is 35.1 Å². The lowest BCUT2D eigenvalue weighted by molar-refractivity contribution is 0.601. The van der Waals surface area contributed by atoms with Gasteiger partial charge in [-0.3, -0.25) is 4.72 Å². The molecule has 0 fully saturated rings. The molecule has 50 heavy (non-hydrogen) atoms. The molecule has 2 aromatic heterocycles. The number of fused-ring (bicyclic) bond motifs is 2. The Hall–Kier alpha value is -6.65. The number of benzene rings is 6. The number of rotatable bonds is 9. The molecule has 3 N–H and O–H groups in total. The quantitative estimate of drug-likeness (QED) is 0.132. The van der Waals surface area contributed by atoms with Gasteiger partial charge in [0.1, 0.15) is 11.4 Å². The molecule has 9 nitrogen and oxygen atoms in total. The van der Waals surface area contributed by atoms with Gasteiger partial charge in [-0.05, 0) is 60.7 Å². The van der Waals surface area contributed by atoms with E-state index in [-0.39, 0.29) is 4.90 Å². The predicted molar refractivity (Wildman–Crippen MR) is 200 cm³/mol. The molecule has 6 aromatic carbocycles. The standard InChI is InChI=1S/C40H29N7O2S/c48-50(49,32-25-23-30(24-26-32)44-46-40-34-16-8-10-18-36(34)42-38(40)28-13-5-2-6-14-28)47-31-21-19-29(20-22-31)43-45-39-33-15-7-9-17-35(33)41-37(39)27-11-3-1-4-12-27/h1-26,41-42,47H. The lowest BCUT2D eigenvalue weighted by atomic mass is 10.1. The lowest BCUT2D eigenvalue weighted by Gasteiger charge is -2.08. The number of anilines is 1. The molecule has 8 aromatic rings. The van der Waals surface area contributed by atoms with Crippen LogP contribution in [0.15, 0.2) is 183 Å². The summed E-state index contributed by atoms with van der Waals surface area (Å²) in [5, 5.41) is 20.0. The van der Waals surface area contributed by atoms with Gasteiger partial charge in [-0.1, -0.05) is 97.1 Å². The van der Waals surface area contributed by atoms with Gasteiger partial charge in [-0.15, -0.1) is 10.2 Å². The van der Waals surface area contributed by atoms with Gasteiger partial charge in [0.15, 0.2) is 0 Å². The fourth-order valence-electron chi connectivity index (χ4n) is 5.81. The molecule has 0 radical (unpaired) electrons. The number of sulfonamides is 1. The molecule has 0 spiro atoms. The van der Waals surface area contributed by atoms with Crippen LogP contribution in [0.25, 0.3) is 44.3 Å². The van der Waals surface area contributed by atoms with Gasteiger partial charge in [-0.2, -0.15) is 10.2 Å². The molecule has 0 bridgehead atoms. The molecule has 10 heteroatoms. The van der Waals surface area contributed by atoms with E-state index in [9.17, 15) is 8.42 Å². The molecular formula is C40H29N7O2S. The minimum Gasteiger partial charge on any atom is -0.353 e. The van der Waals surface area contributed by atoms with Crippen molar-refractivity contribution in [3.05, 3.63) is 158 Å². The number of hydrogen-bond donors (Lipinski definition) is 3. The average molecular weight is 672 g/mol. The van der Waals surface area contributed by atoms with E-state index in [1.54, 1.807) is 36.4 Å². The third-order valence-electron chi connectivity index (χ3n) is 8.28. The van der Waals surface area contributed by atoms with E-state index < -0.39 is 10.0 Å². The van der Waals surface area contributed by atoms with Crippen LogP contribution >= 0.6 is 0 Å². The minimum atomic E-state index is -3.87. The van der Waals surface area contributed by atoms with E-state index >= 15 is 0 Å². The molecule has 0 aliphatic carbocycles. The van der Waals surface area contributed by atoms with Crippen molar-refractivity contribution in [1.82, 2.24) is 9.97 Å². The molecular weight excluding hydrogens is 643 g/mol. The molecule has 242 valence electrons. The zero-order valence-corrected chi connectivity index (χ0v) is 27.3.